The van der Waals surface area contributed by atoms with Crippen molar-refractivity contribution in [3.63, 3.8) is 0 Å². The van der Waals surface area contributed by atoms with Crippen molar-refractivity contribution in [2.45, 2.75) is 51.5 Å². The molecule has 4 rings (SSSR count). The first kappa shape index (κ1) is 20.6. The van der Waals surface area contributed by atoms with Crippen LogP contribution in [0.15, 0.2) is 41.0 Å². The highest BCUT2D eigenvalue weighted by Gasteiger charge is 2.37. The Labute approximate surface area is 176 Å². The van der Waals surface area contributed by atoms with Gasteiger partial charge in [-0.25, -0.2) is 4.39 Å². The van der Waals surface area contributed by atoms with Crippen molar-refractivity contribution in [1.82, 2.24) is 10.2 Å². The summed E-state index contributed by atoms with van der Waals surface area (Å²) in [6, 6.07) is 8.72. The van der Waals surface area contributed by atoms with Crippen LogP contribution in [0, 0.1) is 24.6 Å². The second kappa shape index (κ2) is 9.02. The molecule has 6 heteroatoms. The largest absolute Gasteiger partial charge is 0.467 e. The number of carbonyl (C=O) groups excluding carboxylic acids is 2. The van der Waals surface area contributed by atoms with E-state index in [4.69, 9.17) is 4.42 Å². The van der Waals surface area contributed by atoms with Crippen molar-refractivity contribution in [2.75, 3.05) is 13.1 Å². The molecule has 1 saturated heterocycles. The molecule has 5 nitrogen and oxygen atoms in total. The average Bonchev–Trinajstić information content (AvgIpc) is 3.47. The van der Waals surface area contributed by atoms with Crippen LogP contribution < -0.4 is 5.32 Å². The number of carbonyl (C=O) groups is 2. The van der Waals surface area contributed by atoms with E-state index in [-0.39, 0.29) is 35.4 Å². The molecule has 2 aliphatic rings. The smallest absolute Gasteiger partial charge is 0.225 e. The van der Waals surface area contributed by atoms with Crippen molar-refractivity contribution in [2.24, 2.45) is 11.8 Å². The highest BCUT2D eigenvalue weighted by atomic mass is 19.1. The number of benzene rings is 1. The predicted octanol–water partition coefficient (Wildman–Crippen LogP) is 4.17. The van der Waals surface area contributed by atoms with Gasteiger partial charge in [0.05, 0.1) is 18.7 Å². The fourth-order valence-electron chi connectivity index (χ4n) is 4.80. The number of nitrogens with zero attached hydrogens (tertiary/aromatic N) is 1. The fraction of sp³-hybridized carbons (Fsp3) is 0.500. The van der Waals surface area contributed by atoms with Gasteiger partial charge in [0.2, 0.25) is 11.8 Å². The van der Waals surface area contributed by atoms with E-state index in [2.05, 4.69) is 5.32 Å². The van der Waals surface area contributed by atoms with Crippen LogP contribution in [0.5, 0.6) is 0 Å². The van der Waals surface area contributed by atoms with E-state index in [1.807, 2.05) is 17.0 Å². The van der Waals surface area contributed by atoms with Crippen LogP contribution in [-0.4, -0.2) is 29.8 Å². The van der Waals surface area contributed by atoms with Crippen LogP contribution in [0.25, 0.3) is 0 Å². The van der Waals surface area contributed by atoms with E-state index < -0.39 is 0 Å². The van der Waals surface area contributed by atoms with E-state index in [1.165, 1.54) is 6.07 Å². The second-order valence-corrected chi connectivity index (χ2v) is 8.66. The highest BCUT2D eigenvalue weighted by molar-refractivity contribution is 5.82. The Morgan fingerprint density at radius 3 is 2.67 bits per heavy atom. The van der Waals surface area contributed by atoms with Gasteiger partial charge in [-0.1, -0.05) is 25.0 Å². The van der Waals surface area contributed by atoms with E-state index in [1.54, 1.807) is 25.3 Å². The molecule has 1 aliphatic heterocycles. The molecule has 1 aliphatic carbocycles. The SMILES string of the molecule is Cc1cc(C2CC(C(=O)NCc3ccco3)CN(C(=O)C3CCCC3)C2)ccc1F. The van der Waals surface area contributed by atoms with Crippen LogP contribution in [-0.2, 0) is 16.1 Å². The number of aryl methyl sites for hydroxylation is 1. The van der Waals surface area contributed by atoms with Crippen LogP contribution in [0.3, 0.4) is 0 Å². The minimum absolute atomic E-state index is 0.0164. The molecule has 2 amide bonds. The van der Waals surface area contributed by atoms with Gasteiger partial charge in [0, 0.05) is 24.9 Å². The third-order valence-corrected chi connectivity index (χ3v) is 6.51. The van der Waals surface area contributed by atoms with Crippen molar-refractivity contribution >= 4 is 11.8 Å². The third-order valence-electron chi connectivity index (χ3n) is 6.51. The number of amides is 2. The summed E-state index contributed by atoms with van der Waals surface area (Å²) in [5, 5.41) is 2.95. The van der Waals surface area contributed by atoms with Crippen LogP contribution >= 0.6 is 0 Å². The molecule has 2 unspecified atom stereocenters. The number of piperidine rings is 1. The monoisotopic (exact) mass is 412 g/mol. The Hall–Kier alpha value is -2.63. The molecule has 2 heterocycles. The lowest BCUT2D eigenvalue weighted by Gasteiger charge is -2.38. The first-order valence-electron chi connectivity index (χ1n) is 10.9. The normalized spacial score (nSPS) is 22.3. The van der Waals surface area contributed by atoms with E-state index in [0.717, 1.165) is 31.2 Å². The molecule has 0 radical (unpaired) electrons. The molecule has 1 N–H and O–H groups in total. The summed E-state index contributed by atoms with van der Waals surface area (Å²) in [5.74, 6) is 0.353. The molecule has 160 valence electrons. The molecule has 0 bridgehead atoms. The van der Waals surface area contributed by atoms with Gasteiger partial charge in [-0.05, 0) is 55.5 Å². The molecular formula is C24H29FN2O3. The van der Waals surface area contributed by atoms with E-state index in [0.29, 0.717) is 37.4 Å². The number of furan rings is 1. The van der Waals surface area contributed by atoms with E-state index in [9.17, 15) is 14.0 Å². The zero-order valence-electron chi connectivity index (χ0n) is 17.4. The summed E-state index contributed by atoms with van der Waals surface area (Å²) in [6.07, 6.45) is 6.28. The second-order valence-electron chi connectivity index (χ2n) is 8.66. The van der Waals surface area contributed by atoms with Crippen LogP contribution in [0.4, 0.5) is 4.39 Å². The quantitative estimate of drug-likeness (QED) is 0.802. The van der Waals surface area contributed by atoms with Gasteiger partial charge in [-0.3, -0.25) is 9.59 Å². The molecule has 1 saturated carbocycles. The minimum atomic E-state index is -0.297. The zero-order chi connectivity index (χ0) is 21.1. The Balaban J connectivity index is 1.51. The zero-order valence-corrected chi connectivity index (χ0v) is 17.4. The van der Waals surface area contributed by atoms with Crippen molar-refractivity contribution in [3.8, 4) is 0 Å². The molecule has 30 heavy (non-hydrogen) atoms. The van der Waals surface area contributed by atoms with Crippen molar-refractivity contribution in [1.29, 1.82) is 0 Å². The molecule has 2 aromatic rings. The maximum Gasteiger partial charge on any atom is 0.225 e. The molecule has 2 fully saturated rings. The van der Waals surface area contributed by atoms with Crippen LogP contribution in [0.2, 0.25) is 0 Å². The summed E-state index contributed by atoms with van der Waals surface area (Å²) < 4.78 is 19.1. The maximum absolute atomic E-state index is 13.8. The van der Waals surface area contributed by atoms with E-state index >= 15 is 0 Å². The lowest BCUT2D eigenvalue weighted by Crippen LogP contribution is -2.49. The topological polar surface area (TPSA) is 62.6 Å². The average molecular weight is 413 g/mol. The minimum Gasteiger partial charge on any atom is -0.467 e. The lowest BCUT2D eigenvalue weighted by atomic mass is 9.83. The van der Waals surface area contributed by atoms with Crippen molar-refractivity contribution in [3.05, 3.63) is 59.3 Å². The summed E-state index contributed by atoms with van der Waals surface area (Å²) in [7, 11) is 0. The maximum atomic E-state index is 13.8. The van der Waals surface area contributed by atoms with Gasteiger partial charge in [0.15, 0.2) is 0 Å². The molecule has 0 spiro atoms. The molecule has 2 atom stereocenters. The highest BCUT2D eigenvalue weighted by Crippen LogP contribution is 2.34. The van der Waals surface area contributed by atoms with Gasteiger partial charge in [0.25, 0.3) is 0 Å². The summed E-state index contributed by atoms with van der Waals surface area (Å²) in [4.78, 5) is 27.9. The van der Waals surface area contributed by atoms with Gasteiger partial charge >= 0.3 is 0 Å². The first-order chi connectivity index (χ1) is 14.5. The van der Waals surface area contributed by atoms with Gasteiger partial charge < -0.3 is 14.6 Å². The predicted molar refractivity (Wildman–Crippen MR) is 111 cm³/mol. The number of rotatable bonds is 5. The lowest BCUT2D eigenvalue weighted by molar-refractivity contribution is -0.139. The number of likely N-dealkylation sites (tertiary alicyclic amines) is 1. The Morgan fingerprint density at radius 1 is 1.17 bits per heavy atom. The fourth-order valence-corrected chi connectivity index (χ4v) is 4.80. The standard InChI is InChI=1S/C24H29FN2O3/c1-16-11-18(8-9-22(16)25)19-12-20(23(28)26-13-21-7-4-10-30-21)15-27(14-19)24(29)17-5-2-3-6-17/h4,7-11,17,19-20H,2-3,5-6,12-15H2,1H3,(H,26,28). The van der Waals surface area contributed by atoms with Crippen LogP contribution in [0.1, 0.15) is 54.9 Å². The molecule has 1 aromatic heterocycles. The van der Waals surface area contributed by atoms with Gasteiger partial charge in [-0.15, -0.1) is 0 Å². The van der Waals surface area contributed by atoms with Crippen molar-refractivity contribution < 1.29 is 18.4 Å². The Bertz CT molecular complexity index is 890. The number of halogens is 1. The summed E-state index contributed by atoms with van der Waals surface area (Å²) in [6.45, 7) is 3.11. The number of nitrogens with one attached hydrogen (secondary N) is 1. The molecular weight excluding hydrogens is 383 g/mol. The molecule has 1 aromatic carbocycles. The van der Waals surface area contributed by atoms with Gasteiger partial charge in [0.1, 0.15) is 11.6 Å². The Morgan fingerprint density at radius 2 is 1.97 bits per heavy atom. The van der Waals surface area contributed by atoms with Gasteiger partial charge in [-0.2, -0.15) is 0 Å². The number of hydrogen-bond donors (Lipinski definition) is 1. The number of hydrogen-bond acceptors (Lipinski definition) is 3. The summed E-state index contributed by atoms with van der Waals surface area (Å²) in [5.41, 5.74) is 1.58. The first-order valence-corrected chi connectivity index (χ1v) is 10.9. The third kappa shape index (κ3) is 4.58. The summed E-state index contributed by atoms with van der Waals surface area (Å²) >= 11 is 0. The Kier molecular flexibility index (Phi) is 6.21.